The number of hydrogen-bond acceptors (Lipinski definition) is 6. The summed E-state index contributed by atoms with van der Waals surface area (Å²) in [7, 11) is 0. The number of hydrogen-bond donors (Lipinski definition) is 0. The van der Waals surface area contributed by atoms with Gasteiger partial charge in [-0.25, -0.2) is 4.98 Å². The van der Waals surface area contributed by atoms with Gasteiger partial charge in [-0.2, -0.15) is 18.2 Å². The van der Waals surface area contributed by atoms with Crippen LogP contribution in [0.3, 0.4) is 0 Å². The first-order valence-electron chi connectivity index (χ1n) is 9.72. The van der Waals surface area contributed by atoms with Crippen molar-refractivity contribution in [3.05, 3.63) is 35.6 Å². The summed E-state index contributed by atoms with van der Waals surface area (Å²) in [4.78, 5) is 24.8. The standard InChI is InChI=1S/C19H22F3N5O2/c1-12-24-16(25-29-12)15-7-4-10-27(15)18(28)13-5-3-9-26(11-13)17-14(19(20,21)22)6-2-8-23-17/h2,6,8,13,15H,3-5,7,9-11H2,1H3. The van der Waals surface area contributed by atoms with Crippen LogP contribution in [-0.4, -0.2) is 45.6 Å². The highest BCUT2D eigenvalue weighted by atomic mass is 19.4. The molecular weight excluding hydrogens is 387 g/mol. The van der Waals surface area contributed by atoms with Crippen LogP contribution in [0.25, 0.3) is 0 Å². The summed E-state index contributed by atoms with van der Waals surface area (Å²) in [6.45, 7) is 2.94. The van der Waals surface area contributed by atoms with Crippen molar-refractivity contribution < 1.29 is 22.5 Å². The molecule has 156 valence electrons. The van der Waals surface area contributed by atoms with E-state index in [-0.39, 0.29) is 30.2 Å². The average molecular weight is 409 g/mol. The van der Waals surface area contributed by atoms with Gasteiger partial charge in [-0.1, -0.05) is 5.16 Å². The van der Waals surface area contributed by atoms with E-state index in [1.54, 1.807) is 16.7 Å². The van der Waals surface area contributed by atoms with E-state index >= 15 is 0 Å². The third-order valence-electron chi connectivity index (χ3n) is 5.54. The fourth-order valence-electron chi connectivity index (χ4n) is 4.23. The van der Waals surface area contributed by atoms with Crippen LogP contribution in [-0.2, 0) is 11.0 Å². The molecule has 7 nitrogen and oxygen atoms in total. The lowest BCUT2D eigenvalue weighted by atomic mass is 9.95. The van der Waals surface area contributed by atoms with E-state index in [1.165, 1.54) is 12.3 Å². The van der Waals surface area contributed by atoms with Crippen molar-refractivity contribution in [2.24, 2.45) is 5.92 Å². The number of aromatic nitrogens is 3. The van der Waals surface area contributed by atoms with Crippen molar-refractivity contribution in [2.75, 3.05) is 24.5 Å². The molecule has 29 heavy (non-hydrogen) atoms. The molecule has 1 amide bonds. The Bertz CT molecular complexity index is 885. The van der Waals surface area contributed by atoms with Crippen LogP contribution in [0.15, 0.2) is 22.9 Å². The first kappa shape index (κ1) is 19.7. The molecule has 0 saturated carbocycles. The molecule has 0 spiro atoms. The molecule has 2 unspecified atom stereocenters. The van der Waals surface area contributed by atoms with Crippen LogP contribution < -0.4 is 4.90 Å². The zero-order valence-electron chi connectivity index (χ0n) is 16.0. The van der Waals surface area contributed by atoms with Crippen molar-refractivity contribution in [2.45, 2.75) is 44.8 Å². The maximum absolute atomic E-state index is 13.4. The topological polar surface area (TPSA) is 75.4 Å². The number of nitrogens with zero attached hydrogens (tertiary/aromatic N) is 5. The highest BCUT2D eigenvalue weighted by molar-refractivity contribution is 5.80. The van der Waals surface area contributed by atoms with Crippen molar-refractivity contribution in [3.63, 3.8) is 0 Å². The van der Waals surface area contributed by atoms with Crippen LogP contribution in [0.2, 0.25) is 0 Å². The molecule has 2 aromatic heterocycles. The third kappa shape index (κ3) is 3.92. The highest BCUT2D eigenvalue weighted by Crippen LogP contribution is 2.38. The van der Waals surface area contributed by atoms with Crippen molar-refractivity contribution in [1.29, 1.82) is 0 Å². The molecule has 0 aromatic carbocycles. The van der Waals surface area contributed by atoms with Crippen molar-refractivity contribution >= 4 is 11.7 Å². The second-order valence-electron chi connectivity index (χ2n) is 7.52. The molecule has 2 fully saturated rings. The Morgan fingerprint density at radius 1 is 1.24 bits per heavy atom. The number of piperidine rings is 1. The van der Waals surface area contributed by atoms with E-state index in [0.717, 1.165) is 18.9 Å². The number of aryl methyl sites for hydroxylation is 1. The fourth-order valence-corrected chi connectivity index (χ4v) is 4.23. The largest absolute Gasteiger partial charge is 0.419 e. The zero-order chi connectivity index (χ0) is 20.6. The van der Waals surface area contributed by atoms with Crippen LogP contribution in [0, 0.1) is 12.8 Å². The number of likely N-dealkylation sites (tertiary alicyclic amines) is 1. The van der Waals surface area contributed by atoms with Gasteiger partial charge in [0.2, 0.25) is 11.8 Å². The lowest BCUT2D eigenvalue weighted by Crippen LogP contribution is -2.45. The van der Waals surface area contributed by atoms with E-state index in [1.807, 2.05) is 0 Å². The molecule has 10 heteroatoms. The number of carbonyl (C=O) groups excluding carboxylic acids is 1. The fraction of sp³-hybridized carbons (Fsp3) is 0.579. The lowest BCUT2D eigenvalue weighted by Gasteiger charge is -2.36. The quantitative estimate of drug-likeness (QED) is 0.774. The summed E-state index contributed by atoms with van der Waals surface area (Å²) >= 11 is 0. The van der Waals surface area contributed by atoms with Crippen LogP contribution in [0.1, 0.15) is 49.0 Å². The highest BCUT2D eigenvalue weighted by Gasteiger charge is 2.40. The number of amides is 1. The summed E-state index contributed by atoms with van der Waals surface area (Å²) in [5, 5.41) is 3.95. The normalized spacial score (nSPS) is 22.9. The average Bonchev–Trinajstić information content (AvgIpc) is 3.35. The van der Waals surface area contributed by atoms with Crippen molar-refractivity contribution in [3.8, 4) is 0 Å². The third-order valence-corrected chi connectivity index (χ3v) is 5.54. The molecule has 0 radical (unpaired) electrons. The van der Waals surface area contributed by atoms with Crippen LogP contribution in [0.5, 0.6) is 0 Å². The van der Waals surface area contributed by atoms with Gasteiger partial charge in [-0.15, -0.1) is 0 Å². The number of carbonyl (C=O) groups is 1. The Morgan fingerprint density at radius 3 is 2.76 bits per heavy atom. The zero-order valence-corrected chi connectivity index (χ0v) is 16.0. The summed E-state index contributed by atoms with van der Waals surface area (Å²) in [5.41, 5.74) is -0.769. The minimum Gasteiger partial charge on any atom is -0.355 e. The summed E-state index contributed by atoms with van der Waals surface area (Å²) in [5.74, 6) is 0.372. The molecule has 2 aliphatic rings. The molecule has 2 saturated heterocycles. The summed E-state index contributed by atoms with van der Waals surface area (Å²) in [6.07, 6.45) is -0.289. The van der Waals surface area contributed by atoms with E-state index in [0.29, 0.717) is 37.6 Å². The van der Waals surface area contributed by atoms with Gasteiger partial charge in [-0.05, 0) is 37.8 Å². The number of halogens is 3. The molecule has 4 heterocycles. The Morgan fingerprint density at radius 2 is 2.03 bits per heavy atom. The van der Waals surface area contributed by atoms with Gasteiger partial charge in [0, 0.05) is 32.8 Å². The van der Waals surface area contributed by atoms with Gasteiger partial charge >= 0.3 is 6.18 Å². The van der Waals surface area contributed by atoms with E-state index in [2.05, 4.69) is 15.1 Å². The Kier molecular flexibility index (Phi) is 5.18. The maximum atomic E-state index is 13.4. The number of pyridine rings is 1. The SMILES string of the molecule is Cc1nc(C2CCCN2C(=O)C2CCCN(c3ncccc3C(F)(F)F)C2)no1. The minimum absolute atomic E-state index is 0.0656. The van der Waals surface area contributed by atoms with Gasteiger partial charge in [0.1, 0.15) is 5.82 Å². The minimum atomic E-state index is -4.49. The molecule has 2 aromatic rings. The number of alkyl halides is 3. The summed E-state index contributed by atoms with van der Waals surface area (Å²) in [6, 6.07) is 2.07. The maximum Gasteiger partial charge on any atom is 0.419 e. The molecule has 2 aliphatic heterocycles. The van der Waals surface area contributed by atoms with Crippen LogP contribution >= 0.6 is 0 Å². The van der Waals surface area contributed by atoms with Gasteiger partial charge in [0.25, 0.3) is 0 Å². The molecule has 4 rings (SSSR count). The second kappa shape index (κ2) is 7.64. The number of anilines is 1. The van der Waals surface area contributed by atoms with E-state index in [4.69, 9.17) is 4.52 Å². The van der Waals surface area contributed by atoms with Crippen LogP contribution in [0.4, 0.5) is 19.0 Å². The molecule has 0 N–H and O–H groups in total. The van der Waals surface area contributed by atoms with E-state index in [9.17, 15) is 18.0 Å². The molecular formula is C19H22F3N5O2. The first-order chi connectivity index (χ1) is 13.8. The second-order valence-corrected chi connectivity index (χ2v) is 7.52. The predicted molar refractivity (Wildman–Crippen MR) is 96.9 cm³/mol. The Balaban J connectivity index is 1.52. The smallest absolute Gasteiger partial charge is 0.355 e. The van der Waals surface area contributed by atoms with Gasteiger partial charge in [-0.3, -0.25) is 4.79 Å². The Hall–Kier alpha value is -2.65. The number of rotatable bonds is 3. The van der Waals surface area contributed by atoms with Gasteiger partial charge in [0.15, 0.2) is 5.82 Å². The molecule has 0 bridgehead atoms. The summed E-state index contributed by atoms with van der Waals surface area (Å²) < 4.78 is 45.2. The van der Waals surface area contributed by atoms with Gasteiger partial charge < -0.3 is 14.3 Å². The molecule has 2 atom stereocenters. The van der Waals surface area contributed by atoms with E-state index < -0.39 is 11.7 Å². The Labute approximate surface area is 165 Å². The lowest BCUT2D eigenvalue weighted by molar-refractivity contribution is -0.137. The van der Waals surface area contributed by atoms with Crippen molar-refractivity contribution in [1.82, 2.24) is 20.0 Å². The first-order valence-corrected chi connectivity index (χ1v) is 9.72. The monoisotopic (exact) mass is 409 g/mol. The van der Waals surface area contributed by atoms with Gasteiger partial charge in [0.05, 0.1) is 17.5 Å². The molecule has 0 aliphatic carbocycles. The predicted octanol–water partition coefficient (Wildman–Crippen LogP) is 3.37.